The molecule has 134 valence electrons. The van der Waals surface area contributed by atoms with Gasteiger partial charge in [-0.05, 0) is 24.3 Å². The van der Waals surface area contributed by atoms with Gasteiger partial charge in [0.15, 0.2) is 0 Å². The zero-order valence-electron chi connectivity index (χ0n) is 14.2. The first-order valence-corrected chi connectivity index (χ1v) is 8.41. The minimum Gasteiger partial charge on any atom is -0.334 e. The van der Waals surface area contributed by atoms with Gasteiger partial charge in [0.05, 0.1) is 16.3 Å². The van der Waals surface area contributed by atoms with Crippen LogP contribution in [0.2, 0.25) is 5.02 Å². The molecule has 0 spiro atoms. The fraction of sp³-hybridized carbons (Fsp3) is 0.0526. The van der Waals surface area contributed by atoms with Crippen molar-refractivity contribution in [2.75, 3.05) is 0 Å². The first kappa shape index (κ1) is 17.0. The molecule has 7 nitrogen and oxygen atoms in total. The predicted octanol–water partition coefficient (Wildman–Crippen LogP) is 2.91. The predicted molar refractivity (Wildman–Crippen MR) is 101 cm³/mol. The van der Waals surface area contributed by atoms with Gasteiger partial charge in [-0.2, -0.15) is 4.98 Å². The van der Waals surface area contributed by atoms with Crippen molar-refractivity contribution >= 4 is 11.6 Å². The van der Waals surface area contributed by atoms with Gasteiger partial charge in [-0.1, -0.05) is 47.1 Å². The highest BCUT2D eigenvalue weighted by Gasteiger charge is 2.18. The van der Waals surface area contributed by atoms with Gasteiger partial charge in [0.1, 0.15) is 5.56 Å². The average Bonchev–Trinajstić information content (AvgIpc) is 3.17. The number of hydrogen-bond donors (Lipinski definition) is 0. The number of para-hydroxylation sites is 1. The number of nitrogens with zero attached hydrogens (tertiary/aromatic N) is 4. The molecule has 0 atom stereocenters. The summed E-state index contributed by atoms with van der Waals surface area (Å²) in [6, 6.07) is 16.0. The summed E-state index contributed by atoms with van der Waals surface area (Å²) in [7, 11) is 1.41. The molecule has 0 saturated carbocycles. The summed E-state index contributed by atoms with van der Waals surface area (Å²) in [5, 5.41) is 4.35. The number of halogens is 1. The second kappa shape index (κ2) is 6.69. The zero-order valence-corrected chi connectivity index (χ0v) is 14.9. The molecule has 4 aromatic rings. The summed E-state index contributed by atoms with van der Waals surface area (Å²) in [5.41, 5.74) is 0.340. The molecule has 0 saturated heterocycles. The molecular formula is C19H13ClN4O3. The Labute approximate surface area is 158 Å². The van der Waals surface area contributed by atoms with Gasteiger partial charge in [-0.25, -0.2) is 4.79 Å². The SMILES string of the molecule is Cn1c(=O)c(-c2noc(-c3ccccc3Cl)n2)cn(-c2ccccc2)c1=O. The smallest absolute Gasteiger partial charge is 0.334 e. The van der Waals surface area contributed by atoms with Crippen molar-refractivity contribution in [2.45, 2.75) is 0 Å². The molecule has 2 aromatic carbocycles. The summed E-state index contributed by atoms with van der Waals surface area (Å²) in [5.74, 6) is 0.269. The number of aromatic nitrogens is 4. The fourth-order valence-corrected chi connectivity index (χ4v) is 2.89. The van der Waals surface area contributed by atoms with Crippen LogP contribution in [0.15, 0.2) is 74.9 Å². The quantitative estimate of drug-likeness (QED) is 0.545. The van der Waals surface area contributed by atoms with Gasteiger partial charge in [0.2, 0.25) is 5.82 Å². The van der Waals surface area contributed by atoms with Crippen LogP contribution in [0, 0.1) is 0 Å². The molecule has 8 heteroatoms. The van der Waals surface area contributed by atoms with E-state index < -0.39 is 11.2 Å². The maximum Gasteiger partial charge on any atom is 0.335 e. The Morgan fingerprint density at radius 2 is 1.67 bits per heavy atom. The second-order valence-electron chi connectivity index (χ2n) is 5.80. The monoisotopic (exact) mass is 380 g/mol. The Hall–Kier alpha value is -3.45. The Bertz CT molecular complexity index is 1240. The second-order valence-corrected chi connectivity index (χ2v) is 6.21. The number of hydrogen-bond acceptors (Lipinski definition) is 5. The van der Waals surface area contributed by atoms with Crippen LogP contribution >= 0.6 is 11.6 Å². The van der Waals surface area contributed by atoms with Crippen LogP contribution in [-0.2, 0) is 7.05 Å². The first-order valence-electron chi connectivity index (χ1n) is 8.03. The third-order valence-corrected chi connectivity index (χ3v) is 4.42. The van der Waals surface area contributed by atoms with E-state index in [4.69, 9.17) is 16.1 Å². The van der Waals surface area contributed by atoms with Crippen molar-refractivity contribution in [2.24, 2.45) is 7.05 Å². The molecule has 0 amide bonds. The molecule has 0 radical (unpaired) electrons. The van der Waals surface area contributed by atoms with Crippen molar-refractivity contribution in [1.82, 2.24) is 19.3 Å². The molecule has 0 aliphatic rings. The Kier molecular flexibility index (Phi) is 4.21. The van der Waals surface area contributed by atoms with Gasteiger partial charge in [0, 0.05) is 13.2 Å². The van der Waals surface area contributed by atoms with Crippen molar-refractivity contribution < 1.29 is 4.52 Å². The molecule has 0 aliphatic carbocycles. The van der Waals surface area contributed by atoms with Gasteiger partial charge in [-0.3, -0.25) is 13.9 Å². The maximum atomic E-state index is 12.6. The first-order chi connectivity index (χ1) is 13.1. The van der Waals surface area contributed by atoms with E-state index in [1.807, 2.05) is 6.07 Å². The summed E-state index contributed by atoms with van der Waals surface area (Å²) in [6.07, 6.45) is 1.42. The van der Waals surface area contributed by atoms with Crippen molar-refractivity contribution in [3.05, 3.63) is 86.7 Å². The van der Waals surface area contributed by atoms with E-state index in [1.165, 1.54) is 17.8 Å². The minimum atomic E-state index is -0.515. The zero-order chi connectivity index (χ0) is 19.0. The van der Waals surface area contributed by atoms with Crippen molar-refractivity contribution in [3.8, 4) is 28.5 Å². The lowest BCUT2D eigenvalue weighted by Gasteiger charge is -2.08. The molecule has 0 N–H and O–H groups in total. The minimum absolute atomic E-state index is 0.0789. The van der Waals surface area contributed by atoms with Crippen LogP contribution in [0.4, 0.5) is 0 Å². The van der Waals surface area contributed by atoms with Gasteiger partial charge in [0.25, 0.3) is 11.4 Å². The van der Waals surface area contributed by atoms with Crippen LogP contribution in [0.3, 0.4) is 0 Å². The van der Waals surface area contributed by atoms with Gasteiger partial charge < -0.3 is 4.52 Å². The molecule has 0 unspecified atom stereocenters. The Balaban J connectivity index is 1.88. The molecule has 0 fully saturated rings. The van der Waals surface area contributed by atoms with E-state index in [9.17, 15) is 9.59 Å². The summed E-state index contributed by atoms with van der Waals surface area (Å²) >= 11 is 6.16. The van der Waals surface area contributed by atoms with E-state index in [2.05, 4.69) is 10.1 Å². The summed E-state index contributed by atoms with van der Waals surface area (Å²) in [6.45, 7) is 0. The van der Waals surface area contributed by atoms with E-state index >= 15 is 0 Å². The van der Waals surface area contributed by atoms with E-state index in [0.29, 0.717) is 16.3 Å². The highest BCUT2D eigenvalue weighted by Crippen LogP contribution is 2.27. The van der Waals surface area contributed by atoms with Crippen LogP contribution in [0.5, 0.6) is 0 Å². The lowest BCUT2D eigenvalue weighted by molar-refractivity contribution is 0.432. The van der Waals surface area contributed by atoms with E-state index in [-0.39, 0.29) is 17.3 Å². The molecule has 2 heterocycles. The molecule has 4 rings (SSSR count). The molecule has 0 aliphatic heterocycles. The number of rotatable bonds is 3. The highest BCUT2D eigenvalue weighted by molar-refractivity contribution is 6.33. The van der Waals surface area contributed by atoms with Gasteiger partial charge in [-0.15, -0.1) is 0 Å². The third kappa shape index (κ3) is 2.98. The molecule has 2 aromatic heterocycles. The average molecular weight is 381 g/mol. The molecular weight excluding hydrogens is 368 g/mol. The van der Waals surface area contributed by atoms with Gasteiger partial charge >= 0.3 is 5.69 Å². The maximum absolute atomic E-state index is 12.6. The van der Waals surface area contributed by atoms with Crippen LogP contribution in [0.25, 0.3) is 28.5 Å². The lowest BCUT2D eigenvalue weighted by Crippen LogP contribution is -2.37. The summed E-state index contributed by atoms with van der Waals surface area (Å²) < 4.78 is 7.65. The Morgan fingerprint density at radius 1 is 0.963 bits per heavy atom. The van der Waals surface area contributed by atoms with Crippen molar-refractivity contribution in [3.63, 3.8) is 0 Å². The lowest BCUT2D eigenvalue weighted by atomic mass is 10.2. The highest BCUT2D eigenvalue weighted by atomic mass is 35.5. The van der Waals surface area contributed by atoms with E-state index in [0.717, 1.165) is 4.57 Å². The topological polar surface area (TPSA) is 82.9 Å². The Morgan fingerprint density at radius 3 is 2.41 bits per heavy atom. The van der Waals surface area contributed by atoms with Crippen LogP contribution in [-0.4, -0.2) is 19.3 Å². The molecule has 27 heavy (non-hydrogen) atoms. The van der Waals surface area contributed by atoms with Crippen LogP contribution < -0.4 is 11.2 Å². The van der Waals surface area contributed by atoms with Crippen molar-refractivity contribution in [1.29, 1.82) is 0 Å². The van der Waals surface area contributed by atoms with Crippen LogP contribution in [0.1, 0.15) is 0 Å². The largest absolute Gasteiger partial charge is 0.335 e. The normalized spacial score (nSPS) is 10.9. The standard InChI is InChI=1S/C19H13ClN4O3/c1-23-18(25)14(11-24(19(23)26)12-7-3-2-4-8-12)16-21-17(27-22-16)13-9-5-6-10-15(13)20/h2-11H,1H3. The summed E-state index contributed by atoms with van der Waals surface area (Å²) in [4.78, 5) is 29.4. The number of benzene rings is 2. The molecule has 0 bridgehead atoms. The fourth-order valence-electron chi connectivity index (χ4n) is 2.67. The van der Waals surface area contributed by atoms with E-state index in [1.54, 1.807) is 48.5 Å². The third-order valence-electron chi connectivity index (χ3n) is 4.09.